The van der Waals surface area contributed by atoms with Crippen molar-refractivity contribution in [3.63, 3.8) is 0 Å². The Morgan fingerprint density at radius 1 is 1.19 bits per heavy atom. The van der Waals surface area contributed by atoms with Crippen LogP contribution < -0.4 is 0 Å². The SMILES string of the molecule is O=C(c1ccc(CO)o1)N1C[C@@H]2C[C@@H](c3ccccc3)CC[C@]2(C(=O)O)C1. The summed E-state index contributed by atoms with van der Waals surface area (Å²) in [6.45, 7) is 0.361. The number of amides is 1. The molecule has 27 heavy (non-hydrogen) atoms. The highest BCUT2D eigenvalue weighted by Crippen LogP contribution is 2.51. The molecule has 1 amide bonds. The smallest absolute Gasteiger partial charge is 0.311 e. The van der Waals surface area contributed by atoms with Crippen LogP contribution >= 0.6 is 0 Å². The van der Waals surface area contributed by atoms with E-state index in [1.807, 2.05) is 18.2 Å². The molecule has 1 aliphatic carbocycles. The maximum Gasteiger partial charge on any atom is 0.311 e. The van der Waals surface area contributed by atoms with E-state index in [1.54, 1.807) is 11.0 Å². The monoisotopic (exact) mass is 369 g/mol. The standard InChI is InChI=1S/C21H23NO5/c23-12-17-6-7-18(27-17)19(24)22-11-16-10-15(14-4-2-1-3-5-14)8-9-21(16,13-22)20(25)26/h1-7,15-16,23H,8-13H2,(H,25,26)/t15-,16-,21-/m0/s1. The number of benzene rings is 1. The number of rotatable bonds is 4. The summed E-state index contributed by atoms with van der Waals surface area (Å²) in [5, 5.41) is 19.1. The molecule has 142 valence electrons. The second kappa shape index (κ2) is 6.85. The summed E-state index contributed by atoms with van der Waals surface area (Å²) in [4.78, 5) is 26.6. The van der Waals surface area contributed by atoms with Crippen LogP contribution in [-0.2, 0) is 11.4 Å². The lowest BCUT2D eigenvalue weighted by Gasteiger charge is -2.38. The number of hydrogen-bond acceptors (Lipinski definition) is 4. The third-order valence-corrected chi connectivity index (χ3v) is 6.22. The first kappa shape index (κ1) is 17.8. The fourth-order valence-corrected chi connectivity index (χ4v) is 4.72. The van der Waals surface area contributed by atoms with Gasteiger partial charge < -0.3 is 19.5 Å². The van der Waals surface area contributed by atoms with Crippen LogP contribution in [0.4, 0.5) is 0 Å². The van der Waals surface area contributed by atoms with E-state index in [9.17, 15) is 14.7 Å². The van der Waals surface area contributed by atoms with Crippen molar-refractivity contribution in [1.82, 2.24) is 4.90 Å². The zero-order valence-corrected chi connectivity index (χ0v) is 15.0. The van der Waals surface area contributed by atoms with Crippen molar-refractivity contribution in [2.24, 2.45) is 11.3 Å². The molecular formula is C21H23NO5. The van der Waals surface area contributed by atoms with Crippen LogP contribution in [0.25, 0.3) is 0 Å². The van der Waals surface area contributed by atoms with Gasteiger partial charge >= 0.3 is 5.97 Å². The maximum absolute atomic E-state index is 12.8. The van der Waals surface area contributed by atoms with E-state index in [2.05, 4.69) is 12.1 Å². The van der Waals surface area contributed by atoms with Crippen LogP contribution in [0.2, 0.25) is 0 Å². The molecule has 1 aliphatic heterocycles. The molecule has 3 atom stereocenters. The van der Waals surface area contributed by atoms with Crippen molar-refractivity contribution in [2.45, 2.75) is 31.8 Å². The Morgan fingerprint density at radius 2 is 1.96 bits per heavy atom. The van der Waals surface area contributed by atoms with Crippen molar-refractivity contribution in [3.8, 4) is 0 Å². The topological polar surface area (TPSA) is 91.0 Å². The van der Waals surface area contributed by atoms with Gasteiger partial charge in [0.2, 0.25) is 0 Å². The number of carboxylic acids is 1. The van der Waals surface area contributed by atoms with Crippen molar-refractivity contribution in [2.75, 3.05) is 13.1 Å². The fraction of sp³-hybridized carbons (Fsp3) is 0.429. The third-order valence-electron chi connectivity index (χ3n) is 6.22. The Bertz CT molecular complexity index is 845. The zero-order chi connectivity index (χ0) is 19.0. The highest BCUT2D eigenvalue weighted by Gasteiger charge is 2.56. The molecule has 0 spiro atoms. The molecule has 1 aromatic carbocycles. The second-order valence-electron chi connectivity index (χ2n) is 7.65. The molecule has 4 rings (SSSR count). The number of hydrogen-bond donors (Lipinski definition) is 2. The van der Waals surface area contributed by atoms with Crippen LogP contribution in [0.15, 0.2) is 46.9 Å². The predicted molar refractivity (Wildman–Crippen MR) is 97.1 cm³/mol. The Kier molecular flexibility index (Phi) is 4.52. The predicted octanol–water partition coefficient (Wildman–Crippen LogP) is 2.88. The summed E-state index contributed by atoms with van der Waals surface area (Å²) in [5.41, 5.74) is 0.354. The molecule has 0 radical (unpaired) electrons. The molecule has 2 fully saturated rings. The van der Waals surface area contributed by atoms with Crippen molar-refractivity contribution in [3.05, 3.63) is 59.5 Å². The van der Waals surface area contributed by atoms with Gasteiger partial charge in [-0.05, 0) is 48.8 Å². The van der Waals surface area contributed by atoms with E-state index in [-0.39, 0.29) is 30.7 Å². The summed E-state index contributed by atoms with van der Waals surface area (Å²) < 4.78 is 5.36. The fourth-order valence-electron chi connectivity index (χ4n) is 4.72. The normalized spacial score (nSPS) is 27.4. The van der Waals surface area contributed by atoms with Gasteiger partial charge in [0.15, 0.2) is 5.76 Å². The van der Waals surface area contributed by atoms with Crippen LogP contribution in [0.5, 0.6) is 0 Å². The van der Waals surface area contributed by atoms with Gasteiger partial charge in [-0.3, -0.25) is 9.59 Å². The number of aliphatic hydroxyl groups is 1. The van der Waals surface area contributed by atoms with Gasteiger partial charge in [-0.2, -0.15) is 0 Å². The first-order valence-electron chi connectivity index (χ1n) is 9.30. The molecule has 2 aliphatic rings. The number of likely N-dealkylation sites (tertiary alicyclic amines) is 1. The van der Waals surface area contributed by atoms with E-state index in [0.717, 1.165) is 12.8 Å². The van der Waals surface area contributed by atoms with Gasteiger partial charge in [0.05, 0.1) is 5.41 Å². The Balaban J connectivity index is 1.56. The highest BCUT2D eigenvalue weighted by atomic mass is 16.4. The second-order valence-corrected chi connectivity index (χ2v) is 7.65. The van der Waals surface area contributed by atoms with Crippen molar-refractivity contribution >= 4 is 11.9 Å². The van der Waals surface area contributed by atoms with E-state index in [4.69, 9.17) is 9.52 Å². The molecule has 2 aromatic rings. The van der Waals surface area contributed by atoms with Crippen LogP contribution in [0.1, 0.15) is 47.1 Å². The summed E-state index contributed by atoms with van der Waals surface area (Å²) in [6, 6.07) is 13.3. The average molecular weight is 369 g/mol. The highest BCUT2D eigenvalue weighted by molar-refractivity contribution is 5.92. The number of carbonyl (C=O) groups excluding carboxylic acids is 1. The van der Waals surface area contributed by atoms with Gasteiger partial charge in [0, 0.05) is 13.1 Å². The van der Waals surface area contributed by atoms with Gasteiger partial charge in [-0.25, -0.2) is 0 Å². The van der Waals surface area contributed by atoms with Crippen LogP contribution in [0.3, 0.4) is 0 Å². The molecule has 0 bridgehead atoms. The minimum atomic E-state index is -0.882. The lowest BCUT2D eigenvalue weighted by atomic mass is 9.64. The number of fused-ring (bicyclic) bond motifs is 1. The van der Waals surface area contributed by atoms with E-state index < -0.39 is 11.4 Å². The first-order chi connectivity index (χ1) is 13.0. The molecular weight excluding hydrogens is 346 g/mol. The zero-order valence-electron chi connectivity index (χ0n) is 15.0. The number of aliphatic hydroxyl groups excluding tert-OH is 1. The van der Waals surface area contributed by atoms with E-state index >= 15 is 0 Å². The number of aliphatic carboxylic acids is 1. The Labute approximate surface area is 157 Å². The molecule has 6 heteroatoms. The van der Waals surface area contributed by atoms with Crippen LogP contribution in [-0.4, -0.2) is 40.1 Å². The number of furan rings is 1. The summed E-state index contributed by atoms with van der Waals surface area (Å²) in [5.74, 6) is -0.399. The lowest BCUT2D eigenvalue weighted by Crippen LogP contribution is -2.43. The molecule has 1 saturated carbocycles. The Hall–Kier alpha value is -2.60. The molecule has 0 unspecified atom stereocenters. The van der Waals surface area contributed by atoms with Crippen LogP contribution in [0, 0.1) is 11.3 Å². The minimum Gasteiger partial charge on any atom is -0.481 e. The summed E-state index contributed by atoms with van der Waals surface area (Å²) in [6.07, 6.45) is 2.14. The van der Waals surface area contributed by atoms with Gasteiger partial charge in [-0.1, -0.05) is 30.3 Å². The maximum atomic E-state index is 12.8. The van der Waals surface area contributed by atoms with E-state index in [0.29, 0.717) is 24.6 Å². The largest absolute Gasteiger partial charge is 0.481 e. The molecule has 2 heterocycles. The first-order valence-corrected chi connectivity index (χ1v) is 9.30. The third kappa shape index (κ3) is 3.04. The number of carbonyl (C=O) groups is 2. The average Bonchev–Trinajstić information content (AvgIpc) is 3.33. The number of carboxylic acid groups (broad SMARTS) is 1. The Morgan fingerprint density at radius 3 is 2.63 bits per heavy atom. The summed E-state index contributed by atoms with van der Waals surface area (Å²) in [7, 11) is 0. The molecule has 2 N–H and O–H groups in total. The van der Waals surface area contributed by atoms with Gasteiger partial charge in [0.25, 0.3) is 5.91 Å². The quantitative estimate of drug-likeness (QED) is 0.865. The minimum absolute atomic E-state index is 0.0785. The molecule has 1 saturated heterocycles. The lowest BCUT2D eigenvalue weighted by molar-refractivity contribution is -0.152. The van der Waals surface area contributed by atoms with Gasteiger partial charge in [0.1, 0.15) is 12.4 Å². The van der Waals surface area contributed by atoms with Gasteiger partial charge in [-0.15, -0.1) is 0 Å². The molecule has 6 nitrogen and oxygen atoms in total. The number of nitrogens with zero attached hydrogens (tertiary/aromatic N) is 1. The van der Waals surface area contributed by atoms with E-state index in [1.165, 1.54) is 11.6 Å². The van der Waals surface area contributed by atoms with Crippen molar-refractivity contribution in [1.29, 1.82) is 0 Å². The summed E-state index contributed by atoms with van der Waals surface area (Å²) >= 11 is 0. The molecule has 1 aromatic heterocycles. The van der Waals surface area contributed by atoms with Crippen molar-refractivity contribution < 1.29 is 24.2 Å².